The van der Waals surface area contributed by atoms with Crippen molar-refractivity contribution in [2.24, 2.45) is 0 Å². The van der Waals surface area contributed by atoms with Crippen molar-refractivity contribution in [3.05, 3.63) is 40.2 Å². The van der Waals surface area contributed by atoms with Crippen molar-refractivity contribution in [1.29, 1.82) is 0 Å². The van der Waals surface area contributed by atoms with Crippen LogP contribution in [0.25, 0.3) is 0 Å². The molecule has 2 aromatic rings. The molecule has 124 valence electrons. The quantitative estimate of drug-likeness (QED) is 0.881. The molecule has 0 unspecified atom stereocenters. The standard InChI is InChI=1S/C16H21N3O3S/c1-21-11-12-4-5-14(22-12)13-3-2-9-19(13)16(20)18-7-6-15-17-8-10-23-15/h4-5,8,10,13H,2-3,6-7,9,11H2,1H3,(H,18,20)/t13-/m0/s1. The summed E-state index contributed by atoms with van der Waals surface area (Å²) in [6, 6.07) is 3.84. The fourth-order valence-corrected chi connectivity index (χ4v) is 3.47. The predicted octanol–water partition coefficient (Wildman–Crippen LogP) is 2.97. The third-order valence-electron chi connectivity index (χ3n) is 3.91. The molecule has 0 saturated carbocycles. The lowest BCUT2D eigenvalue weighted by molar-refractivity contribution is 0.156. The number of thiazole rings is 1. The third-order valence-corrected chi connectivity index (χ3v) is 4.75. The van der Waals surface area contributed by atoms with E-state index in [2.05, 4.69) is 10.3 Å². The van der Waals surface area contributed by atoms with Crippen molar-refractivity contribution in [3.63, 3.8) is 0 Å². The Hall–Kier alpha value is -1.86. The molecule has 1 fully saturated rings. The number of likely N-dealkylation sites (tertiary alicyclic amines) is 1. The van der Waals surface area contributed by atoms with Crippen molar-refractivity contribution >= 4 is 17.4 Å². The molecule has 2 amide bonds. The average Bonchev–Trinajstić information content (AvgIpc) is 3.28. The number of furan rings is 1. The average molecular weight is 335 g/mol. The number of ether oxygens (including phenoxy) is 1. The normalized spacial score (nSPS) is 17.6. The summed E-state index contributed by atoms with van der Waals surface area (Å²) in [5.41, 5.74) is 0. The largest absolute Gasteiger partial charge is 0.461 e. The van der Waals surface area contributed by atoms with Crippen LogP contribution in [0.4, 0.5) is 4.79 Å². The summed E-state index contributed by atoms with van der Waals surface area (Å²) < 4.78 is 10.9. The highest BCUT2D eigenvalue weighted by molar-refractivity contribution is 7.09. The Morgan fingerprint density at radius 3 is 3.26 bits per heavy atom. The SMILES string of the molecule is COCc1ccc([C@@H]2CCCN2C(=O)NCCc2nccs2)o1. The van der Waals surface area contributed by atoms with Crippen LogP contribution in [0.2, 0.25) is 0 Å². The Labute approximate surface area is 139 Å². The van der Waals surface area contributed by atoms with Crippen LogP contribution in [0.5, 0.6) is 0 Å². The van der Waals surface area contributed by atoms with Crippen LogP contribution in [0.3, 0.4) is 0 Å². The number of urea groups is 1. The van der Waals surface area contributed by atoms with Gasteiger partial charge in [0.05, 0.1) is 11.0 Å². The Balaban J connectivity index is 1.55. The highest BCUT2D eigenvalue weighted by Gasteiger charge is 2.32. The Morgan fingerprint density at radius 1 is 1.57 bits per heavy atom. The lowest BCUT2D eigenvalue weighted by Crippen LogP contribution is -2.40. The number of hydrogen-bond donors (Lipinski definition) is 1. The molecule has 0 bridgehead atoms. The van der Waals surface area contributed by atoms with Crippen molar-refractivity contribution in [1.82, 2.24) is 15.2 Å². The second-order valence-corrected chi connectivity index (χ2v) is 6.48. The molecule has 1 atom stereocenters. The molecular formula is C16H21N3O3S. The Morgan fingerprint density at radius 2 is 2.48 bits per heavy atom. The molecule has 0 aliphatic carbocycles. The highest BCUT2D eigenvalue weighted by Crippen LogP contribution is 2.33. The minimum absolute atomic E-state index is 0.0143. The van der Waals surface area contributed by atoms with Gasteiger partial charge >= 0.3 is 6.03 Å². The molecule has 1 saturated heterocycles. The number of methoxy groups -OCH3 is 1. The van der Waals surface area contributed by atoms with Gasteiger partial charge in [0.25, 0.3) is 0 Å². The van der Waals surface area contributed by atoms with Crippen molar-refractivity contribution in [3.8, 4) is 0 Å². The van der Waals surface area contributed by atoms with Gasteiger partial charge in [-0.25, -0.2) is 9.78 Å². The zero-order valence-corrected chi connectivity index (χ0v) is 14.0. The minimum atomic E-state index is -0.0336. The molecule has 0 spiro atoms. The summed E-state index contributed by atoms with van der Waals surface area (Å²) in [5, 5.41) is 5.97. The summed E-state index contributed by atoms with van der Waals surface area (Å²) in [7, 11) is 1.64. The second-order valence-electron chi connectivity index (χ2n) is 5.50. The molecule has 6 nitrogen and oxygen atoms in total. The zero-order chi connectivity index (χ0) is 16.1. The van der Waals surface area contributed by atoms with E-state index in [0.29, 0.717) is 13.2 Å². The first-order valence-corrected chi connectivity index (χ1v) is 8.66. The zero-order valence-electron chi connectivity index (χ0n) is 13.2. The molecule has 7 heteroatoms. The predicted molar refractivity (Wildman–Crippen MR) is 87.3 cm³/mol. The van der Waals surface area contributed by atoms with Crippen LogP contribution in [0.1, 0.15) is 35.4 Å². The van der Waals surface area contributed by atoms with E-state index in [9.17, 15) is 4.79 Å². The fourth-order valence-electron chi connectivity index (χ4n) is 2.85. The molecule has 1 N–H and O–H groups in total. The van der Waals surface area contributed by atoms with E-state index in [1.165, 1.54) is 0 Å². The number of aromatic nitrogens is 1. The number of hydrogen-bond acceptors (Lipinski definition) is 5. The van der Waals surface area contributed by atoms with Crippen molar-refractivity contribution in [2.75, 3.05) is 20.2 Å². The van der Waals surface area contributed by atoms with Gasteiger partial charge in [0.15, 0.2) is 0 Å². The molecule has 3 heterocycles. The maximum absolute atomic E-state index is 12.4. The smallest absolute Gasteiger partial charge is 0.318 e. The van der Waals surface area contributed by atoms with E-state index >= 15 is 0 Å². The molecule has 1 aliphatic rings. The number of nitrogens with zero attached hydrogens (tertiary/aromatic N) is 2. The molecule has 0 aromatic carbocycles. The van der Waals surface area contributed by atoms with Crippen LogP contribution in [-0.4, -0.2) is 36.1 Å². The summed E-state index contributed by atoms with van der Waals surface area (Å²) in [6.07, 6.45) is 4.47. The van der Waals surface area contributed by atoms with Crippen molar-refractivity contribution in [2.45, 2.75) is 31.9 Å². The number of carbonyl (C=O) groups is 1. The Bertz CT molecular complexity index is 626. The molecule has 1 aliphatic heterocycles. The second kappa shape index (κ2) is 7.61. The summed E-state index contributed by atoms with van der Waals surface area (Å²) in [4.78, 5) is 18.5. The van der Waals surface area contributed by atoms with Gasteiger partial charge in [0, 0.05) is 38.2 Å². The number of nitrogens with one attached hydrogen (secondary N) is 1. The van der Waals surface area contributed by atoms with E-state index in [4.69, 9.17) is 9.15 Å². The summed E-state index contributed by atoms with van der Waals surface area (Å²) in [6.45, 7) is 1.81. The van der Waals surface area contributed by atoms with E-state index in [1.807, 2.05) is 22.4 Å². The van der Waals surface area contributed by atoms with Gasteiger partial charge in [-0.2, -0.15) is 0 Å². The highest BCUT2D eigenvalue weighted by atomic mass is 32.1. The van der Waals surface area contributed by atoms with Crippen LogP contribution in [0, 0.1) is 0 Å². The van der Waals surface area contributed by atoms with E-state index in [-0.39, 0.29) is 12.1 Å². The third kappa shape index (κ3) is 3.92. The Kier molecular flexibility index (Phi) is 5.30. The monoisotopic (exact) mass is 335 g/mol. The first kappa shape index (κ1) is 16.0. The summed E-state index contributed by atoms with van der Waals surface area (Å²) >= 11 is 1.61. The van der Waals surface area contributed by atoms with E-state index in [0.717, 1.165) is 42.3 Å². The molecule has 2 aromatic heterocycles. The van der Waals surface area contributed by atoms with Gasteiger partial charge in [-0.1, -0.05) is 0 Å². The van der Waals surface area contributed by atoms with Gasteiger partial charge < -0.3 is 19.4 Å². The number of amides is 2. The van der Waals surface area contributed by atoms with Gasteiger partial charge in [0.1, 0.15) is 18.1 Å². The first-order chi connectivity index (χ1) is 11.3. The lowest BCUT2D eigenvalue weighted by Gasteiger charge is -2.23. The maximum Gasteiger partial charge on any atom is 0.318 e. The summed E-state index contributed by atoms with van der Waals surface area (Å²) in [5.74, 6) is 1.63. The number of carbonyl (C=O) groups excluding carboxylic acids is 1. The van der Waals surface area contributed by atoms with Crippen LogP contribution >= 0.6 is 11.3 Å². The minimum Gasteiger partial charge on any atom is -0.461 e. The molecule has 3 rings (SSSR count). The van der Waals surface area contributed by atoms with Crippen LogP contribution < -0.4 is 5.32 Å². The lowest BCUT2D eigenvalue weighted by atomic mass is 10.2. The van der Waals surface area contributed by atoms with Gasteiger partial charge in [-0.15, -0.1) is 11.3 Å². The molecule has 0 radical (unpaired) electrons. The van der Waals surface area contributed by atoms with Gasteiger partial charge in [0.2, 0.25) is 0 Å². The molecule has 23 heavy (non-hydrogen) atoms. The topological polar surface area (TPSA) is 67.6 Å². The number of rotatable bonds is 6. The van der Waals surface area contributed by atoms with E-state index in [1.54, 1.807) is 24.6 Å². The van der Waals surface area contributed by atoms with Gasteiger partial charge in [-0.05, 0) is 25.0 Å². The molecular weight excluding hydrogens is 314 g/mol. The van der Waals surface area contributed by atoms with Crippen molar-refractivity contribution < 1.29 is 13.9 Å². The van der Waals surface area contributed by atoms with E-state index < -0.39 is 0 Å². The fraction of sp³-hybridized carbons (Fsp3) is 0.500. The van der Waals surface area contributed by atoms with Gasteiger partial charge in [-0.3, -0.25) is 0 Å². The first-order valence-electron chi connectivity index (χ1n) is 7.78. The maximum atomic E-state index is 12.4. The van der Waals surface area contributed by atoms with Crippen LogP contribution in [-0.2, 0) is 17.8 Å². The van der Waals surface area contributed by atoms with Crippen LogP contribution in [0.15, 0.2) is 28.1 Å².